The predicted octanol–water partition coefficient (Wildman–Crippen LogP) is 6.52. The summed E-state index contributed by atoms with van der Waals surface area (Å²) >= 11 is 17.4. The van der Waals surface area contributed by atoms with Gasteiger partial charge in [-0.2, -0.15) is 4.80 Å². The van der Waals surface area contributed by atoms with Crippen LogP contribution >= 0.6 is 35.4 Å². The third kappa shape index (κ3) is 5.86. The zero-order valence-electron chi connectivity index (χ0n) is 19.8. The molecule has 8 nitrogen and oxygen atoms in total. The second-order valence-corrected chi connectivity index (χ2v) is 9.25. The maximum atomic E-state index is 12.3. The third-order valence-electron chi connectivity index (χ3n) is 5.40. The topological polar surface area (TPSA) is 94.2 Å². The molecule has 3 aromatic carbocycles. The number of hydrogen-bond donors (Lipinski definition) is 2. The largest absolute Gasteiger partial charge is 0.495 e. The van der Waals surface area contributed by atoms with Gasteiger partial charge in [-0.1, -0.05) is 23.2 Å². The Hall–Kier alpha value is -4.18. The lowest BCUT2D eigenvalue weighted by molar-refractivity contribution is -0.115. The Morgan fingerprint density at radius 2 is 1.79 bits per heavy atom. The lowest BCUT2D eigenvalue weighted by Crippen LogP contribution is -2.32. The molecule has 0 aliphatic heterocycles. The fourth-order valence-electron chi connectivity index (χ4n) is 3.57. The Balaban J connectivity index is 1.20. The van der Waals surface area contributed by atoms with Crippen LogP contribution in [0.25, 0.3) is 34.1 Å². The molecule has 0 unspecified atom stereocenters. The van der Waals surface area contributed by atoms with E-state index in [2.05, 4.69) is 20.8 Å². The molecule has 5 aromatic rings. The first-order valence-corrected chi connectivity index (χ1v) is 12.4. The van der Waals surface area contributed by atoms with Crippen LogP contribution in [0, 0.1) is 0 Å². The van der Waals surface area contributed by atoms with Gasteiger partial charge >= 0.3 is 0 Å². The van der Waals surface area contributed by atoms with Crippen molar-refractivity contribution in [3.05, 3.63) is 94.7 Å². The molecule has 2 heterocycles. The van der Waals surface area contributed by atoms with Crippen LogP contribution in [0.4, 0.5) is 5.69 Å². The summed E-state index contributed by atoms with van der Waals surface area (Å²) in [5.41, 5.74) is 3.52. The molecule has 0 aliphatic carbocycles. The number of hydrogen-bond acceptors (Lipinski definition) is 6. The summed E-state index contributed by atoms with van der Waals surface area (Å²) in [5, 5.41) is 15.8. The molecule has 0 saturated carbocycles. The number of amides is 1. The molecule has 0 saturated heterocycles. The minimum absolute atomic E-state index is 0.134. The summed E-state index contributed by atoms with van der Waals surface area (Å²) in [6.45, 7) is 0. The van der Waals surface area contributed by atoms with Crippen LogP contribution < -0.4 is 15.4 Å². The molecule has 2 N–H and O–H groups in total. The minimum atomic E-state index is -0.407. The van der Waals surface area contributed by atoms with E-state index in [1.165, 1.54) is 10.9 Å². The minimum Gasteiger partial charge on any atom is -0.495 e. The summed E-state index contributed by atoms with van der Waals surface area (Å²) in [5.74, 6) is 1.35. The van der Waals surface area contributed by atoms with Crippen LogP contribution in [0.2, 0.25) is 10.0 Å². The molecule has 0 atom stereocenters. The molecule has 190 valence electrons. The Morgan fingerprint density at radius 3 is 2.55 bits per heavy atom. The fraction of sp³-hybridized carbons (Fsp3) is 0.0370. The van der Waals surface area contributed by atoms with E-state index in [4.69, 9.17) is 44.6 Å². The Morgan fingerprint density at radius 1 is 1.00 bits per heavy atom. The SMILES string of the molecule is COc1ccc(-n2nc3ccc(NC(=S)NC(=O)C=Cc4ccc(-c5ccc(Cl)cc5)o4)cc3n2)cc1Cl. The van der Waals surface area contributed by atoms with Crippen LogP contribution in [0.5, 0.6) is 5.75 Å². The van der Waals surface area contributed by atoms with Crippen molar-refractivity contribution in [3.63, 3.8) is 0 Å². The van der Waals surface area contributed by atoms with E-state index >= 15 is 0 Å². The van der Waals surface area contributed by atoms with Crippen LogP contribution in [0.15, 0.2) is 83.3 Å². The van der Waals surface area contributed by atoms with E-state index in [0.717, 1.165) is 5.56 Å². The summed E-state index contributed by atoms with van der Waals surface area (Å²) in [6.07, 6.45) is 2.90. The van der Waals surface area contributed by atoms with Gasteiger partial charge in [0.1, 0.15) is 28.3 Å². The van der Waals surface area contributed by atoms with Crippen LogP contribution in [0.1, 0.15) is 5.76 Å². The van der Waals surface area contributed by atoms with Crippen molar-refractivity contribution in [1.82, 2.24) is 20.3 Å². The lowest BCUT2D eigenvalue weighted by Gasteiger charge is -2.07. The molecule has 2 aromatic heterocycles. The zero-order chi connectivity index (χ0) is 26.6. The standard InChI is InChI=1S/C27H19Cl2N5O3S/c1-36-25-11-7-19(15-21(25)29)34-32-22-10-6-18(14-23(22)33-34)30-27(38)31-26(35)13-9-20-8-12-24(37-20)16-2-4-17(28)5-3-16/h2-15H,1H3,(H2,30,31,35,38). The molecule has 0 bridgehead atoms. The fourth-order valence-corrected chi connectivity index (χ4v) is 4.17. The van der Waals surface area contributed by atoms with Gasteiger partial charge in [0.2, 0.25) is 5.91 Å². The second kappa shape index (κ2) is 11.1. The Labute approximate surface area is 232 Å². The predicted molar refractivity (Wildman–Crippen MR) is 153 cm³/mol. The number of furan rings is 1. The highest BCUT2D eigenvalue weighted by molar-refractivity contribution is 7.80. The summed E-state index contributed by atoms with van der Waals surface area (Å²) in [4.78, 5) is 13.8. The van der Waals surface area contributed by atoms with Crippen molar-refractivity contribution in [2.45, 2.75) is 0 Å². The molecule has 11 heteroatoms. The van der Waals surface area contributed by atoms with E-state index in [0.29, 0.717) is 49.7 Å². The van der Waals surface area contributed by atoms with Gasteiger partial charge in [-0.05, 0) is 91.1 Å². The van der Waals surface area contributed by atoms with E-state index in [1.807, 2.05) is 24.3 Å². The van der Waals surface area contributed by atoms with Crippen molar-refractivity contribution in [2.24, 2.45) is 0 Å². The van der Waals surface area contributed by atoms with Gasteiger partial charge in [-0.25, -0.2) is 0 Å². The highest BCUT2D eigenvalue weighted by atomic mass is 35.5. The van der Waals surface area contributed by atoms with Gasteiger partial charge < -0.3 is 14.5 Å². The molecule has 38 heavy (non-hydrogen) atoms. The smallest absolute Gasteiger partial charge is 0.250 e. The van der Waals surface area contributed by atoms with Crippen LogP contribution in [-0.2, 0) is 4.79 Å². The average Bonchev–Trinajstić information content (AvgIpc) is 3.55. The number of anilines is 1. The first kappa shape index (κ1) is 25.5. The number of benzene rings is 3. The van der Waals surface area contributed by atoms with Gasteiger partial charge in [0.05, 0.1) is 17.8 Å². The zero-order valence-corrected chi connectivity index (χ0v) is 22.1. The van der Waals surface area contributed by atoms with Crippen molar-refractivity contribution in [2.75, 3.05) is 12.4 Å². The molecular weight excluding hydrogens is 545 g/mol. The van der Waals surface area contributed by atoms with Crippen molar-refractivity contribution in [3.8, 4) is 22.8 Å². The van der Waals surface area contributed by atoms with Gasteiger partial charge in [-0.15, -0.1) is 10.2 Å². The van der Waals surface area contributed by atoms with Gasteiger partial charge in [0.15, 0.2) is 5.11 Å². The normalized spacial score (nSPS) is 11.1. The maximum absolute atomic E-state index is 12.3. The van der Waals surface area contributed by atoms with E-state index < -0.39 is 5.91 Å². The number of aromatic nitrogens is 3. The highest BCUT2D eigenvalue weighted by Gasteiger charge is 2.10. The van der Waals surface area contributed by atoms with E-state index in [9.17, 15) is 4.79 Å². The number of nitrogens with zero attached hydrogens (tertiary/aromatic N) is 3. The molecule has 0 spiro atoms. The van der Waals surface area contributed by atoms with Crippen LogP contribution in [-0.4, -0.2) is 33.1 Å². The number of halogens is 2. The summed E-state index contributed by atoms with van der Waals surface area (Å²) in [6, 6.07) is 21.5. The second-order valence-electron chi connectivity index (χ2n) is 8.00. The molecule has 0 radical (unpaired) electrons. The molecule has 5 rings (SSSR count). The average molecular weight is 564 g/mol. The number of rotatable bonds is 6. The molecular formula is C27H19Cl2N5O3S. The maximum Gasteiger partial charge on any atom is 0.250 e. The molecule has 0 fully saturated rings. The van der Waals surface area contributed by atoms with Gasteiger partial charge in [0.25, 0.3) is 0 Å². The third-order valence-corrected chi connectivity index (χ3v) is 6.15. The number of thiocarbonyl (C=S) groups is 1. The highest BCUT2D eigenvalue weighted by Crippen LogP contribution is 2.27. The van der Waals surface area contributed by atoms with Gasteiger partial charge in [-0.3, -0.25) is 10.1 Å². The van der Waals surface area contributed by atoms with E-state index in [1.54, 1.807) is 61.7 Å². The number of ether oxygens (including phenoxy) is 1. The first-order chi connectivity index (χ1) is 18.4. The number of carbonyl (C=O) groups excluding carboxylic acids is 1. The van der Waals surface area contributed by atoms with Crippen molar-refractivity contribution >= 4 is 69.2 Å². The van der Waals surface area contributed by atoms with Crippen LogP contribution in [0.3, 0.4) is 0 Å². The van der Waals surface area contributed by atoms with Crippen molar-refractivity contribution in [1.29, 1.82) is 0 Å². The van der Waals surface area contributed by atoms with E-state index in [-0.39, 0.29) is 5.11 Å². The Bertz CT molecular complexity index is 1680. The summed E-state index contributed by atoms with van der Waals surface area (Å²) < 4.78 is 11.0. The quantitative estimate of drug-likeness (QED) is 0.179. The Kier molecular flexibility index (Phi) is 7.41. The lowest BCUT2D eigenvalue weighted by atomic mass is 10.2. The number of fused-ring (bicyclic) bond motifs is 1. The monoisotopic (exact) mass is 563 g/mol. The number of methoxy groups -OCH3 is 1. The first-order valence-electron chi connectivity index (χ1n) is 11.2. The van der Waals surface area contributed by atoms with Gasteiger partial charge in [0, 0.05) is 22.3 Å². The summed E-state index contributed by atoms with van der Waals surface area (Å²) in [7, 11) is 1.55. The number of nitrogens with one attached hydrogen (secondary N) is 2. The molecule has 1 amide bonds. The molecule has 0 aliphatic rings. The van der Waals surface area contributed by atoms with Crippen molar-refractivity contribution < 1.29 is 13.9 Å². The number of carbonyl (C=O) groups is 1.